The van der Waals surface area contributed by atoms with E-state index >= 15 is 0 Å². The summed E-state index contributed by atoms with van der Waals surface area (Å²) in [6.07, 6.45) is 0.331. The van der Waals surface area contributed by atoms with E-state index in [2.05, 4.69) is 29.2 Å². The molecule has 1 saturated heterocycles. The van der Waals surface area contributed by atoms with Crippen LogP contribution in [0.3, 0.4) is 0 Å². The average molecular weight is 393 g/mol. The third-order valence-electron chi connectivity index (χ3n) is 5.58. The molecule has 0 atom stereocenters. The van der Waals surface area contributed by atoms with Gasteiger partial charge in [0.05, 0.1) is 5.69 Å². The molecule has 29 heavy (non-hydrogen) atoms. The van der Waals surface area contributed by atoms with Crippen LogP contribution in [0, 0.1) is 6.92 Å². The van der Waals surface area contributed by atoms with Crippen molar-refractivity contribution in [2.24, 2.45) is 0 Å². The van der Waals surface area contributed by atoms with Crippen LogP contribution in [0.15, 0.2) is 48.5 Å². The van der Waals surface area contributed by atoms with E-state index in [0.717, 1.165) is 44.0 Å². The van der Waals surface area contributed by atoms with Crippen LogP contribution in [0.4, 0.5) is 5.69 Å². The number of hydrogen-bond acceptors (Lipinski definition) is 4. The zero-order valence-electron chi connectivity index (χ0n) is 16.8. The highest BCUT2D eigenvalue weighted by atomic mass is 16.5. The molecular formula is C23H27N3O3. The molecule has 0 spiro atoms. The summed E-state index contributed by atoms with van der Waals surface area (Å²) in [5, 5.41) is 0. The van der Waals surface area contributed by atoms with Gasteiger partial charge in [0.2, 0.25) is 5.91 Å². The second-order valence-electron chi connectivity index (χ2n) is 7.70. The number of piperazine rings is 1. The first kappa shape index (κ1) is 19.5. The Morgan fingerprint density at radius 1 is 1.03 bits per heavy atom. The smallest absolute Gasteiger partial charge is 0.265 e. The molecule has 1 fully saturated rings. The number of carbonyl (C=O) groups excluding carboxylic acids is 2. The Kier molecular flexibility index (Phi) is 5.81. The van der Waals surface area contributed by atoms with Gasteiger partial charge in [0.15, 0.2) is 6.61 Å². The van der Waals surface area contributed by atoms with Crippen LogP contribution in [-0.2, 0) is 16.1 Å². The predicted molar refractivity (Wildman–Crippen MR) is 112 cm³/mol. The van der Waals surface area contributed by atoms with Crippen molar-refractivity contribution < 1.29 is 14.3 Å². The van der Waals surface area contributed by atoms with Crippen molar-refractivity contribution in [1.82, 2.24) is 9.80 Å². The molecule has 0 unspecified atom stereocenters. The maximum atomic E-state index is 12.7. The van der Waals surface area contributed by atoms with E-state index in [-0.39, 0.29) is 18.4 Å². The lowest BCUT2D eigenvalue weighted by atomic mass is 10.1. The highest BCUT2D eigenvalue weighted by Gasteiger charge is 2.27. The average Bonchev–Trinajstić information content (AvgIpc) is 2.74. The molecule has 2 heterocycles. The van der Waals surface area contributed by atoms with Crippen LogP contribution in [0.1, 0.15) is 17.5 Å². The molecule has 152 valence electrons. The zero-order valence-corrected chi connectivity index (χ0v) is 16.8. The number of aryl methyl sites for hydroxylation is 1. The SMILES string of the molecule is Cc1ccc2c(c1)N(CCC(=O)N1CCN(Cc3ccccc3)CC1)C(=O)CO2. The number of nitrogens with zero attached hydrogens (tertiary/aromatic N) is 3. The normalized spacial score (nSPS) is 17.1. The molecule has 2 aliphatic rings. The molecule has 2 aliphatic heterocycles. The molecule has 0 radical (unpaired) electrons. The number of anilines is 1. The summed E-state index contributed by atoms with van der Waals surface area (Å²) >= 11 is 0. The van der Waals surface area contributed by atoms with E-state index in [9.17, 15) is 9.59 Å². The third-order valence-corrected chi connectivity index (χ3v) is 5.58. The summed E-state index contributed by atoms with van der Waals surface area (Å²) in [6, 6.07) is 16.2. The molecule has 2 amide bonds. The molecule has 0 aliphatic carbocycles. The Labute approximate surface area is 171 Å². The van der Waals surface area contributed by atoms with Crippen molar-refractivity contribution in [2.45, 2.75) is 19.9 Å². The monoisotopic (exact) mass is 393 g/mol. The molecule has 0 aromatic heterocycles. The maximum Gasteiger partial charge on any atom is 0.265 e. The van der Waals surface area contributed by atoms with E-state index in [1.165, 1.54) is 5.56 Å². The summed E-state index contributed by atoms with van der Waals surface area (Å²) in [6.45, 7) is 6.54. The first-order chi connectivity index (χ1) is 14.1. The fraction of sp³-hybridized carbons (Fsp3) is 0.391. The van der Waals surface area contributed by atoms with Gasteiger partial charge in [-0.3, -0.25) is 14.5 Å². The lowest BCUT2D eigenvalue weighted by Crippen LogP contribution is -2.49. The van der Waals surface area contributed by atoms with Gasteiger partial charge in [-0.25, -0.2) is 0 Å². The number of fused-ring (bicyclic) bond motifs is 1. The lowest BCUT2D eigenvalue weighted by Gasteiger charge is -2.35. The van der Waals surface area contributed by atoms with Gasteiger partial charge in [-0.1, -0.05) is 36.4 Å². The summed E-state index contributed by atoms with van der Waals surface area (Å²) in [5.74, 6) is 0.721. The molecule has 2 aromatic carbocycles. The Morgan fingerprint density at radius 2 is 1.79 bits per heavy atom. The Hall–Kier alpha value is -2.86. The van der Waals surface area contributed by atoms with Crippen molar-refractivity contribution >= 4 is 17.5 Å². The van der Waals surface area contributed by atoms with Crippen LogP contribution < -0.4 is 9.64 Å². The number of carbonyl (C=O) groups is 2. The molecule has 2 aromatic rings. The highest BCUT2D eigenvalue weighted by molar-refractivity contribution is 5.98. The van der Waals surface area contributed by atoms with Crippen LogP contribution in [0.2, 0.25) is 0 Å². The summed E-state index contributed by atoms with van der Waals surface area (Å²) in [7, 11) is 0. The van der Waals surface area contributed by atoms with Gasteiger partial charge in [0.1, 0.15) is 5.75 Å². The Balaban J connectivity index is 1.30. The van der Waals surface area contributed by atoms with E-state index in [1.54, 1.807) is 4.90 Å². The van der Waals surface area contributed by atoms with Crippen molar-refractivity contribution in [3.63, 3.8) is 0 Å². The molecule has 6 heteroatoms. The molecule has 0 bridgehead atoms. The van der Waals surface area contributed by atoms with Gasteiger partial charge < -0.3 is 14.5 Å². The van der Waals surface area contributed by atoms with Crippen molar-refractivity contribution in [3.05, 3.63) is 59.7 Å². The van der Waals surface area contributed by atoms with Crippen molar-refractivity contribution in [2.75, 3.05) is 44.2 Å². The fourth-order valence-corrected chi connectivity index (χ4v) is 3.92. The molecule has 0 N–H and O–H groups in total. The van der Waals surface area contributed by atoms with Crippen LogP contribution in [-0.4, -0.2) is 60.9 Å². The van der Waals surface area contributed by atoms with Crippen LogP contribution in [0.25, 0.3) is 0 Å². The Morgan fingerprint density at radius 3 is 2.55 bits per heavy atom. The number of benzene rings is 2. The highest BCUT2D eigenvalue weighted by Crippen LogP contribution is 2.32. The van der Waals surface area contributed by atoms with E-state index < -0.39 is 0 Å². The van der Waals surface area contributed by atoms with Crippen LogP contribution >= 0.6 is 0 Å². The number of amides is 2. The summed E-state index contributed by atoms with van der Waals surface area (Å²) < 4.78 is 5.51. The van der Waals surface area contributed by atoms with E-state index in [1.807, 2.05) is 36.1 Å². The maximum absolute atomic E-state index is 12.7. The summed E-state index contributed by atoms with van der Waals surface area (Å²) in [5.41, 5.74) is 3.13. The minimum atomic E-state index is -0.0939. The van der Waals surface area contributed by atoms with Gasteiger partial charge in [0, 0.05) is 45.7 Å². The van der Waals surface area contributed by atoms with Crippen molar-refractivity contribution in [3.8, 4) is 5.75 Å². The minimum absolute atomic E-state index is 0.0302. The van der Waals surface area contributed by atoms with Gasteiger partial charge >= 0.3 is 0 Å². The second kappa shape index (κ2) is 8.66. The second-order valence-corrected chi connectivity index (χ2v) is 7.70. The van der Waals surface area contributed by atoms with Crippen LogP contribution in [0.5, 0.6) is 5.75 Å². The number of rotatable bonds is 5. The lowest BCUT2D eigenvalue weighted by molar-refractivity contribution is -0.132. The number of hydrogen-bond donors (Lipinski definition) is 0. The van der Waals surface area contributed by atoms with E-state index in [4.69, 9.17) is 4.74 Å². The molecule has 6 nitrogen and oxygen atoms in total. The fourth-order valence-electron chi connectivity index (χ4n) is 3.92. The molecule has 0 saturated carbocycles. The number of ether oxygens (including phenoxy) is 1. The van der Waals surface area contributed by atoms with Gasteiger partial charge in [-0.05, 0) is 30.2 Å². The first-order valence-electron chi connectivity index (χ1n) is 10.2. The standard InChI is InChI=1S/C23H27N3O3/c1-18-7-8-21-20(15-18)26(23(28)17-29-21)10-9-22(27)25-13-11-24(12-14-25)16-19-5-3-2-4-6-19/h2-8,15H,9-14,16-17H2,1H3. The molecule has 4 rings (SSSR count). The van der Waals surface area contributed by atoms with E-state index in [0.29, 0.717) is 18.7 Å². The largest absolute Gasteiger partial charge is 0.482 e. The zero-order chi connectivity index (χ0) is 20.2. The van der Waals surface area contributed by atoms with Crippen molar-refractivity contribution in [1.29, 1.82) is 0 Å². The minimum Gasteiger partial charge on any atom is -0.482 e. The first-order valence-corrected chi connectivity index (χ1v) is 10.2. The van der Waals surface area contributed by atoms with Gasteiger partial charge in [-0.2, -0.15) is 0 Å². The topological polar surface area (TPSA) is 53.1 Å². The van der Waals surface area contributed by atoms with Gasteiger partial charge in [-0.15, -0.1) is 0 Å². The third kappa shape index (κ3) is 4.59. The van der Waals surface area contributed by atoms with Gasteiger partial charge in [0.25, 0.3) is 5.91 Å². The summed E-state index contributed by atoms with van der Waals surface area (Å²) in [4.78, 5) is 31.1. The Bertz CT molecular complexity index is 876. The predicted octanol–water partition coefficient (Wildman–Crippen LogP) is 2.45. The quantitative estimate of drug-likeness (QED) is 0.783. The molecular weight excluding hydrogens is 366 g/mol.